The molecule has 1 amide bonds. The van der Waals surface area contributed by atoms with Gasteiger partial charge < -0.3 is 4.74 Å². The van der Waals surface area contributed by atoms with Gasteiger partial charge in [-0.15, -0.1) is 0 Å². The highest BCUT2D eigenvalue weighted by Gasteiger charge is 2.40. The Morgan fingerprint density at radius 2 is 1.92 bits per heavy atom. The number of halogens is 3. The van der Waals surface area contributed by atoms with Gasteiger partial charge in [0.15, 0.2) is 17.2 Å². The van der Waals surface area contributed by atoms with Gasteiger partial charge in [-0.2, -0.15) is 5.10 Å². The lowest BCUT2D eigenvalue weighted by atomic mass is 10.0. The minimum atomic E-state index is -1.37. The molecule has 4 nitrogen and oxygen atoms in total. The largest absolute Gasteiger partial charge is 0.475 e. The number of hydrogen-bond acceptors (Lipinski definition) is 3. The van der Waals surface area contributed by atoms with E-state index in [9.17, 15) is 13.6 Å². The molecule has 7 heteroatoms. The number of amides is 1. The van der Waals surface area contributed by atoms with E-state index in [0.29, 0.717) is 6.42 Å². The monoisotopic (exact) mass is 378 g/mol. The van der Waals surface area contributed by atoms with Crippen molar-refractivity contribution < 1.29 is 18.3 Å². The highest BCUT2D eigenvalue weighted by molar-refractivity contribution is 6.30. The Hall–Kier alpha value is -2.47. The summed E-state index contributed by atoms with van der Waals surface area (Å²) in [5.41, 5.74) is -0.611. The molecule has 0 spiro atoms. The van der Waals surface area contributed by atoms with Crippen LogP contribution in [0.2, 0.25) is 5.02 Å². The van der Waals surface area contributed by atoms with Gasteiger partial charge in [-0.25, -0.2) is 13.8 Å². The Balaban J connectivity index is 1.81. The first-order chi connectivity index (χ1) is 12.3. The van der Waals surface area contributed by atoms with E-state index < -0.39 is 17.3 Å². The van der Waals surface area contributed by atoms with Crippen molar-refractivity contribution in [2.45, 2.75) is 31.9 Å². The summed E-state index contributed by atoms with van der Waals surface area (Å²) < 4.78 is 32.8. The SMILES string of the molecule is CC(C)(Oc1ccc(Cl)cc1F)C(=O)N1N=CCC1c1ccc(F)cc1. The highest BCUT2D eigenvalue weighted by Crippen LogP contribution is 2.32. The number of carbonyl (C=O) groups is 1. The topological polar surface area (TPSA) is 41.9 Å². The van der Waals surface area contributed by atoms with Crippen LogP contribution in [0.3, 0.4) is 0 Å². The minimum Gasteiger partial charge on any atom is -0.475 e. The van der Waals surface area contributed by atoms with Crippen LogP contribution in [0, 0.1) is 11.6 Å². The second-order valence-corrected chi connectivity index (χ2v) is 6.87. The van der Waals surface area contributed by atoms with E-state index in [0.717, 1.165) is 11.6 Å². The molecule has 0 radical (unpaired) electrons. The third-order valence-corrected chi connectivity index (χ3v) is 4.30. The zero-order valence-electron chi connectivity index (χ0n) is 14.2. The van der Waals surface area contributed by atoms with Crippen LogP contribution in [-0.4, -0.2) is 22.7 Å². The second-order valence-electron chi connectivity index (χ2n) is 6.44. The maximum atomic E-state index is 14.0. The molecule has 0 bridgehead atoms. The van der Waals surface area contributed by atoms with Crippen molar-refractivity contribution >= 4 is 23.7 Å². The molecule has 1 aliphatic heterocycles. The molecule has 2 aromatic carbocycles. The lowest BCUT2D eigenvalue weighted by molar-refractivity contribution is -0.147. The van der Waals surface area contributed by atoms with Crippen molar-refractivity contribution in [3.63, 3.8) is 0 Å². The molecule has 136 valence electrons. The molecule has 0 N–H and O–H groups in total. The molecule has 0 saturated carbocycles. The summed E-state index contributed by atoms with van der Waals surface area (Å²) >= 11 is 5.74. The highest BCUT2D eigenvalue weighted by atomic mass is 35.5. The minimum absolute atomic E-state index is 0.0748. The van der Waals surface area contributed by atoms with Gasteiger partial charge in [0.2, 0.25) is 0 Å². The van der Waals surface area contributed by atoms with Crippen molar-refractivity contribution in [3.8, 4) is 5.75 Å². The molecular formula is C19H17ClF2N2O2. The molecule has 1 atom stereocenters. The van der Waals surface area contributed by atoms with E-state index in [2.05, 4.69) is 5.10 Å². The van der Waals surface area contributed by atoms with Crippen molar-refractivity contribution in [1.29, 1.82) is 0 Å². The first kappa shape index (κ1) is 18.3. The predicted octanol–water partition coefficient (Wildman–Crippen LogP) is 4.74. The van der Waals surface area contributed by atoms with Gasteiger partial charge in [0.05, 0.1) is 6.04 Å². The second kappa shape index (κ2) is 7.03. The number of benzene rings is 2. The lowest BCUT2D eigenvalue weighted by Gasteiger charge is -2.31. The molecule has 0 fully saturated rings. The fourth-order valence-electron chi connectivity index (χ4n) is 2.72. The van der Waals surface area contributed by atoms with Crippen LogP contribution in [0.5, 0.6) is 5.75 Å². The van der Waals surface area contributed by atoms with Gasteiger partial charge >= 0.3 is 0 Å². The summed E-state index contributed by atoms with van der Waals surface area (Å²) in [4.78, 5) is 13.0. The molecule has 0 saturated heterocycles. The zero-order valence-corrected chi connectivity index (χ0v) is 15.0. The Bertz CT molecular complexity index is 853. The molecule has 2 aromatic rings. The average molecular weight is 379 g/mol. The third kappa shape index (κ3) is 3.70. The fraction of sp³-hybridized carbons (Fsp3) is 0.263. The summed E-state index contributed by atoms with van der Waals surface area (Å²) in [6, 6.07) is 9.51. The fourth-order valence-corrected chi connectivity index (χ4v) is 2.88. The predicted molar refractivity (Wildman–Crippen MR) is 95.2 cm³/mol. The van der Waals surface area contributed by atoms with E-state index in [1.807, 2.05) is 0 Å². The third-order valence-electron chi connectivity index (χ3n) is 4.07. The van der Waals surface area contributed by atoms with E-state index in [1.54, 1.807) is 32.2 Å². The smallest absolute Gasteiger partial charge is 0.286 e. The van der Waals surface area contributed by atoms with E-state index in [4.69, 9.17) is 16.3 Å². The first-order valence-corrected chi connectivity index (χ1v) is 8.41. The molecule has 0 aromatic heterocycles. The van der Waals surface area contributed by atoms with Gasteiger partial charge in [0.1, 0.15) is 5.82 Å². The molecule has 1 heterocycles. The van der Waals surface area contributed by atoms with Crippen LogP contribution < -0.4 is 4.74 Å². The van der Waals surface area contributed by atoms with Crippen LogP contribution in [0.15, 0.2) is 47.6 Å². The van der Waals surface area contributed by atoms with Crippen LogP contribution in [-0.2, 0) is 4.79 Å². The van der Waals surface area contributed by atoms with E-state index in [1.165, 1.54) is 29.3 Å². The van der Waals surface area contributed by atoms with E-state index >= 15 is 0 Å². The maximum Gasteiger partial charge on any atom is 0.286 e. The maximum absolute atomic E-state index is 14.0. The molecule has 0 aliphatic carbocycles. The molecule has 26 heavy (non-hydrogen) atoms. The molecule has 1 unspecified atom stereocenters. The van der Waals surface area contributed by atoms with Crippen molar-refractivity contribution in [3.05, 3.63) is 64.7 Å². The average Bonchev–Trinajstić information content (AvgIpc) is 3.07. The summed E-state index contributed by atoms with van der Waals surface area (Å²) in [5, 5.41) is 5.66. The van der Waals surface area contributed by atoms with Crippen molar-refractivity contribution in [2.75, 3.05) is 0 Å². The van der Waals surface area contributed by atoms with Crippen molar-refractivity contribution in [2.24, 2.45) is 5.10 Å². The van der Waals surface area contributed by atoms with Crippen molar-refractivity contribution in [1.82, 2.24) is 5.01 Å². The summed E-state index contributed by atoms with van der Waals surface area (Å²) in [6.45, 7) is 3.08. The number of nitrogens with zero attached hydrogens (tertiary/aromatic N) is 2. The lowest BCUT2D eigenvalue weighted by Crippen LogP contribution is -2.47. The number of hydrogen-bond donors (Lipinski definition) is 0. The Morgan fingerprint density at radius 3 is 2.58 bits per heavy atom. The number of carbonyl (C=O) groups excluding carboxylic acids is 1. The number of ether oxygens (including phenoxy) is 1. The summed E-state index contributed by atoms with van der Waals surface area (Å²) in [7, 11) is 0. The van der Waals surface area contributed by atoms with Gasteiger partial charge in [0.25, 0.3) is 5.91 Å². The molecule has 3 rings (SSSR count). The van der Waals surface area contributed by atoms with Gasteiger partial charge in [-0.1, -0.05) is 23.7 Å². The summed E-state index contributed by atoms with van der Waals surface area (Å²) in [6.07, 6.45) is 2.12. The van der Waals surface area contributed by atoms with E-state index in [-0.39, 0.29) is 22.6 Å². The van der Waals surface area contributed by atoms with Crippen LogP contribution in [0.4, 0.5) is 8.78 Å². The zero-order chi connectivity index (χ0) is 18.9. The Kier molecular flexibility index (Phi) is 4.96. The molecular weight excluding hydrogens is 362 g/mol. The number of rotatable bonds is 4. The first-order valence-electron chi connectivity index (χ1n) is 8.03. The quantitative estimate of drug-likeness (QED) is 0.771. The van der Waals surface area contributed by atoms with Gasteiger partial charge in [-0.3, -0.25) is 4.79 Å². The standard InChI is InChI=1S/C19H17ClF2N2O2/c1-19(2,26-17-8-5-13(20)11-15(17)22)18(25)24-16(9-10-23-24)12-3-6-14(21)7-4-12/h3-8,10-11,16H,9H2,1-2H3. The van der Waals surface area contributed by atoms with Gasteiger partial charge in [-0.05, 0) is 49.7 Å². The van der Waals surface area contributed by atoms with Crippen LogP contribution in [0.1, 0.15) is 31.9 Å². The van der Waals surface area contributed by atoms with Crippen LogP contribution >= 0.6 is 11.6 Å². The Morgan fingerprint density at radius 1 is 1.23 bits per heavy atom. The summed E-state index contributed by atoms with van der Waals surface area (Å²) in [5.74, 6) is -1.52. The number of hydrazone groups is 1. The normalized spacial score (nSPS) is 16.8. The van der Waals surface area contributed by atoms with Gasteiger partial charge in [0, 0.05) is 17.7 Å². The molecule has 1 aliphatic rings. The van der Waals surface area contributed by atoms with Crippen LogP contribution in [0.25, 0.3) is 0 Å². The Labute approximate surface area is 155 Å².